The predicted molar refractivity (Wildman–Crippen MR) is 69.5 cm³/mol. The van der Waals surface area contributed by atoms with E-state index in [1.54, 1.807) is 6.20 Å². The number of carbonyl (C=O) groups is 2. The zero-order valence-corrected chi connectivity index (χ0v) is 11.4. The molecule has 2 amide bonds. The Bertz CT molecular complexity index is 423. The third kappa shape index (κ3) is 4.99. The van der Waals surface area contributed by atoms with Crippen LogP contribution in [0.1, 0.15) is 32.9 Å². The molecule has 0 fully saturated rings. The van der Waals surface area contributed by atoms with Crippen LogP contribution in [0.2, 0.25) is 0 Å². The Kier molecular flexibility index (Phi) is 4.91. The summed E-state index contributed by atoms with van der Waals surface area (Å²) in [4.78, 5) is 31.0. The Morgan fingerprint density at radius 2 is 2.16 bits per heavy atom. The summed E-state index contributed by atoms with van der Waals surface area (Å²) >= 11 is 0. The molecule has 0 radical (unpaired) electrons. The molecule has 7 heteroatoms. The minimum atomic E-state index is -0.921. The number of H-pyrrole nitrogens is 1. The summed E-state index contributed by atoms with van der Waals surface area (Å²) in [6.07, 6.45) is 3.08. The molecule has 7 nitrogen and oxygen atoms in total. The van der Waals surface area contributed by atoms with E-state index in [1.807, 2.05) is 20.8 Å². The van der Waals surface area contributed by atoms with Crippen molar-refractivity contribution in [3.8, 4) is 0 Å². The minimum Gasteiger partial charge on any atom is -0.481 e. The SMILES string of the molecule is CC(C)(C)N(CCC(=O)O)C(=O)NCc1cnc[nH]1. The van der Waals surface area contributed by atoms with Crippen LogP contribution in [0.4, 0.5) is 4.79 Å². The molecule has 1 heterocycles. The summed E-state index contributed by atoms with van der Waals surface area (Å²) in [5, 5.41) is 11.5. The quantitative estimate of drug-likeness (QED) is 0.747. The number of carboxylic acids is 1. The number of amides is 2. The van der Waals surface area contributed by atoms with Crippen LogP contribution < -0.4 is 5.32 Å². The molecule has 0 aliphatic heterocycles. The number of carbonyl (C=O) groups excluding carboxylic acids is 1. The maximum absolute atomic E-state index is 12.1. The number of carboxylic acid groups (broad SMARTS) is 1. The zero-order chi connectivity index (χ0) is 14.5. The summed E-state index contributed by atoms with van der Waals surface area (Å²) in [5.41, 5.74) is 0.355. The van der Waals surface area contributed by atoms with Crippen LogP contribution in [0.25, 0.3) is 0 Å². The Morgan fingerprint density at radius 1 is 1.47 bits per heavy atom. The Hall–Kier alpha value is -2.05. The molecule has 0 unspecified atom stereocenters. The third-order valence-electron chi connectivity index (χ3n) is 2.59. The highest BCUT2D eigenvalue weighted by Crippen LogP contribution is 2.14. The first-order valence-electron chi connectivity index (χ1n) is 6.05. The predicted octanol–water partition coefficient (Wildman–Crippen LogP) is 1.19. The average molecular weight is 268 g/mol. The standard InChI is InChI=1S/C12H20N4O3/c1-12(2,3)16(5-4-10(17)18)11(19)14-7-9-6-13-8-15-9/h6,8H,4-5,7H2,1-3H3,(H,13,15)(H,14,19)(H,17,18). The van der Waals surface area contributed by atoms with Crippen LogP contribution in [0.15, 0.2) is 12.5 Å². The number of rotatable bonds is 5. The fourth-order valence-electron chi connectivity index (χ4n) is 1.60. The lowest BCUT2D eigenvalue weighted by Crippen LogP contribution is -2.51. The summed E-state index contributed by atoms with van der Waals surface area (Å²) in [7, 11) is 0. The first-order valence-corrected chi connectivity index (χ1v) is 6.05. The van der Waals surface area contributed by atoms with Crippen LogP contribution in [0.3, 0.4) is 0 Å². The van der Waals surface area contributed by atoms with E-state index < -0.39 is 11.5 Å². The van der Waals surface area contributed by atoms with Crippen molar-refractivity contribution in [1.29, 1.82) is 0 Å². The Balaban J connectivity index is 2.58. The lowest BCUT2D eigenvalue weighted by atomic mass is 10.1. The van der Waals surface area contributed by atoms with Gasteiger partial charge in [-0.1, -0.05) is 0 Å². The fourth-order valence-corrected chi connectivity index (χ4v) is 1.60. The van der Waals surface area contributed by atoms with Gasteiger partial charge in [0.1, 0.15) is 0 Å². The van der Waals surface area contributed by atoms with Crippen LogP contribution in [0, 0.1) is 0 Å². The second kappa shape index (κ2) is 6.21. The van der Waals surface area contributed by atoms with Crippen molar-refractivity contribution in [3.63, 3.8) is 0 Å². The molecule has 0 saturated carbocycles. The number of hydrogen-bond donors (Lipinski definition) is 3. The van der Waals surface area contributed by atoms with E-state index in [0.717, 1.165) is 5.69 Å². The van der Waals surface area contributed by atoms with Crippen molar-refractivity contribution in [3.05, 3.63) is 18.2 Å². The van der Waals surface area contributed by atoms with E-state index in [2.05, 4.69) is 15.3 Å². The number of nitrogens with one attached hydrogen (secondary N) is 2. The average Bonchev–Trinajstić information content (AvgIpc) is 2.76. The molecule has 1 aromatic heterocycles. The molecule has 0 spiro atoms. The van der Waals surface area contributed by atoms with Crippen LogP contribution in [-0.2, 0) is 11.3 Å². The lowest BCUT2D eigenvalue weighted by Gasteiger charge is -2.35. The van der Waals surface area contributed by atoms with Gasteiger partial charge in [0.15, 0.2) is 0 Å². The van der Waals surface area contributed by atoms with E-state index in [4.69, 9.17) is 5.11 Å². The summed E-state index contributed by atoms with van der Waals surface area (Å²) in [5.74, 6) is -0.921. The molecule has 0 saturated heterocycles. The van der Waals surface area contributed by atoms with E-state index in [-0.39, 0.29) is 19.0 Å². The minimum absolute atomic E-state index is 0.0747. The van der Waals surface area contributed by atoms with E-state index in [1.165, 1.54) is 11.2 Å². The van der Waals surface area contributed by atoms with Crippen LogP contribution in [-0.4, -0.2) is 44.1 Å². The first kappa shape index (κ1) is 15.0. The summed E-state index contributed by atoms with van der Waals surface area (Å²) in [6.45, 7) is 6.10. The van der Waals surface area contributed by atoms with E-state index >= 15 is 0 Å². The van der Waals surface area contributed by atoms with Crippen LogP contribution >= 0.6 is 0 Å². The number of aromatic amines is 1. The van der Waals surface area contributed by atoms with Gasteiger partial charge in [-0.2, -0.15) is 0 Å². The fraction of sp³-hybridized carbons (Fsp3) is 0.583. The Labute approximate surface area is 112 Å². The smallest absolute Gasteiger partial charge is 0.318 e. The second-order valence-corrected chi connectivity index (χ2v) is 5.20. The molecule has 19 heavy (non-hydrogen) atoms. The number of aromatic nitrogens is 2. The number of aliphatic carboxylic acids is 1. The molecule has 0 aromatic carbocycles. The largest absolute Gasteiger partial charge is 0.481 e. The van der Waals surface area contributed by atoms with Crippen molar-refractivity contribution < 1.29 is 14.7 Å². The monoisotopic (exact) mass is 268 g/mol. The molecular formula is C12H20N4O3. The summed E-state index contributed by atoms with van der Waals surface area (Å²) in [6, 6.07) is -0.289. The highest BCUT2D eigenvalue weighted by Gasteiger charge is 2.26. The lowest BCUT2D eigenvalue weighted by molar-refractivity contribution is -0.137. The molecule has 1 aromatic rings. The van der Waals surface area contributed by atoms with E-state index in [0.29, 0.717) is 6.54 Å². The number of urea groups is 1. The van der Waals surface area contributed by atoms with Gasteiger partial charge < -0.3 is 20.3 Å². The van der Waals surface area contributed by atoms with Crippen LogP contribution in [0.5, 0.6) is 0 Å². The summed E-state index contributed by atoms with van der Waals surface area (Å²) < 4.78 is 0. The second-order valence-electron chi connectivity index (χ2n) is 5.20. The maximum Gasteiger partial charge on any atom is 0.318 e. The molecule has 0 aliphatic carbocycles. The van der Waals surface area contributed by atoms with Crippen molar-refractivity contribution in [1.82, 2.24) is 20.2 Å². The molecule has 106 valence electrons. The number of hydrogen-bond acceptors (Lipinski definition) is 3. The van der Waals surface area contributed by atoms with Gasteiger partial charge in [-0.05, 0) is 20.8 Å². The highest BCUT2D eigenvalue weighted by molar-refractivity contribution is 5.76. The van der Waals surface area contributed by atoms with Crippen molar-refractivity contribution in [2.45, 2.75) is 39.3 Å². The van der Waals surface area contributed by atoms with Crippen molar-refractivity contribution in [2.75, 3.05) is 6.54 Å². The molecule has 0 aliphatic rings. The van der Waals surface area contributed by atoms with Gasteiger partial charge in [-0.25, -0.2) is 9.78 Å². The Morgan fingerprint density at radius 3 is 2.63 bits per heavy atom. The highest BCUT2D eigenvalue weighted by atomic mass is 16.4. The molecule has 0 atom stereocenters. The molecule has 0 bridgehead atoms. The third-order valence-corrected chi connectivity index (χ3v) is 2.59. The maximum atomic E-state index is 12.1. The zero-order valence-electron chi connectivity index (χ0n) is 11.4. The van der Waals surface area contributed by atoms with Gasteiger partial charge >= 0.3 is 12.0 Å². The van der Waals surface area contributed by atoms with Gasteiger partial charge in [-0.3, -0.25) is 4.79 Å². The van der Waals surface area contributed by atoms with Crippen molar-refractivity contribution >= 4 is 12.0 Å². The van der Waals surface area contributed by atoms with E-state index in [9.17, 15) is 9.59 Å². The molecule has 1 rings (SSSR count). The first-order chi connectivity index (χ1) is 8.80. The topological polar surface area (TPSA) is 98.3 Å². The van der Waals surface area contributed by atoms with Gasteiger partial charge in [-0.15, -0.1) is 0 Å². The number of imidazole rings is 1. The molecule has 3 N–H and O–H groups in total. The number of nitrogens with zero attached hydrogens (tertiary/aromatic N) is 2. The van der Waals surface area contributed by atoms with Gasteiger partial charge in [0.25, 0.3) is 0 Å². The van der Waals surface area contributed by atoms with Gasteiger partial charge in [0.2, 0.25) is 0 Å². The molecular weight excluding hydrogens is 248 g/mol. The van der Waals surface area contributed by atoms with Gasteiger partial charge in [0.05, 0.1) is 25.0 Å². The van der Waals surface area contributed by atoms with Gasteiger partial charge in [0, 0.05) is 18.3 Å². The van der Waals surface area contributed by atoms with Crippen molar-refractivity contribution in [2.24, 2.45) is 0 Å². The normalized spacial score (nSPS) is 11.1.